The molecule has 3 aromatic heterocycles. The highest BCUT2D eigenvalue weighted by Crippen LogP contribution is 2.36. The molecule has 5 heteroatoms. The average molecular weight is 552 g/mol. The monoisotopic (exact) mass is 551 g/mol. The molecule has 0 aliphatic rings. The molecule has 0 spiro atoms. The van der Waals surface area contributed by atoms with Crippen LogP contribution in [0.4, 0.5) is 0 Å². The highest BCUT2D eigenvalue weighted by Gasteiger charge is 2.18. The number of nitrogens with zero attached hydrogens (tertiary/aromatic N) is 5. The summed E-state index contributed by atoms with van der Waals surface area (Å²) >= 11 is 0. The summed E-state index contributed by atoms with van der Waals surface area (Å²) in [7, 11) is 0. The molecule has 8 aromatic rings. The first-order valence-corrected chi connectivity index (χ1v) is 14.2. The van der Waals surface area contributed by atoms with Crippen LogP contribution in [0, 0.1) is 0 Å². The Balaban J connectivity index is 1.31. The maximum Gasteiger partial charge on any atom is 0.164 e. The third kappa shape index (κ3) is 4.63. The Morgan fingerprint density at radius 1 is 0.372 bits per heavy atom. The fourth-order valence-corrected chi connectivity index (χ4v) is 5.55. The lowest BCUT2D eigenvalue weighted by molar-refractivity contribution is 1.07. The van der Waals surface area contributed by atoms with E-state index in [1.807, 2.05) is 91.0 Å². The molecule has 5 aromatic carbocycles. The molecule has 0 saturated heterocycles. The zero-order valence-corrected chi connectivity index (χ0v) is 23.2. The Kier molecular flexibility index (Phi) is 6.05. The number of benzene rings is 5. The third-order valence-corrected chi connectivity index (χ3v) is 7.65. The normalized spacial score (nSPS) is 11.3. The van der Waals surface area contributed by atoms with E-state index in [0.717, 1.165) is 44.9 Å². The van der Waals surface area contributed by atoms with Crippen molar-refractivity contribution in [3.05, 3.63) is 152 Å². The molecule has 0 N–H and O–H groups in total. The highest BCUT2D eigenvalue weighted by atomic mass is 15.0. The molecule has 0 amide bonds. The first-order valence-electron chi connectivity index (χ1n) is 14.2. The number of imidazole rings is 1. The van der Waals surface area contributed by atoms with E-state index in [1.165, 1.54) is 10.8 Å². The third-order valence-electron chi connectivity index (χ3n) is 7.65. The Morgan fingerprint density at radius 3 is 1.67 bits per heavy atom. The van der Waals surface area contributed by atoms with Crippen molar-refractivity contribution in [2.75, 3.05) is 0 Å². The number of pyridine rings is 1. The van der Waals surface area contributed by atoms with Crippen molar-refractivity contribution in [3.63, 3.8) is 0 Å². The van der Waals surface area contributed by atoms with E-state index in [-0.39, 0.29) is 0 Å². The van der Waals surface area contributed by atoms with Crippen molar-refractivity contribution >= 4 is 16.4 Å². The van der Waals surface area contributed by atoms with E-state index in [1.54, 1.807) is 0 Å². The highest BCUT2D eigenvalue weighted by molar-refractivity contribution is 5.91. The molecular weight excluding hydrogens is 526 g/mol. The Labute approximate surface area is 248 Å². The summed E-state index contributed by atoms with van der Waals surface area (Å²) in [6.07, 6.45) is 2.07. The summed E-state index contributed by atoms with van der Waals surface area (Å²) in [6, 6.07) is 49.6. The van der Waals surface area contributed by atoms with Gasteiger partial charge in [0.1, 0.15) is 5.65 Å². The lowest BCUT2D eigenvalue weighted by Gasteiger charge is -2.10. The fraction of sp³-hybridized carbons (Fsp3) is 0. The first kappa shape index (κ1) is 24.8. The van der Waals surface area contributed by atoms with Gasteiger partial charge in [-0.3, -0.25) is 4.40 Å². The molecule has 43 heavy (non-hydrogen) atoms. The summed E-state index contributed by atoms with van der Waals surface area (Å²) < 4.78 is 2.16. The molecule has 0 unspecified atom stereocenters. The Morgan fingerprint density at radius 2 is 0.953 bits per heavy atom. The molecule has 0 atom stereocenters. The van der Waals surface area contributed by atoms with Gasteiger partial charge in [0.05, 0.1) is 11.4 Å². The number of hydrogen-bond donors (Lipinski definition) is 0. The summed E-state index contributed by atoms with van der Waals surface area (Å²) in [5.41, 5.74) is 7.73. The van der Waals surface area contributed by atoms with E-state index in [4.69, 9.17) is 19.9 Å². The number of fused-ring (bicyclic) bond motifs is 2. The van der Waals surface area contributed by atoms with Crippen LogP contribution in [0.3, 0.4) is 0 Å². The summed E-state index contributed by atoms with van der Waals surface area (Å²) in [5, 5.41) is 2.40. The zero-order valence-electron chi connectivity index (χ0n) is 23.2. The van der Waals surface area contributed by atoms with Gasteiger partial charge in [0.25, 0.3) is 0 Å². The second kappa shape index (κ2) is 10.5. The Bertz CT molecular complexity index is 2180. The van der Waals surface area contributed by atoms with Crippen LogP contribution in [0.15, 0.2) is 152 Å². The van der Waals surface area contributed by atoms with Crippen molar-refractivity contribution in [2.45, 2.75) is 0 Å². The molecule has 0 fully saturated rings. The maximum absolute atomic E-state index is 5.11. The van der Waals surface area contributed by atoms with Crippen LogP contribution in [0.1, 0.15) is 0 Å². The smallest absolute Gasteiger partial charge is 0.164 e. The zero-order chi connectivity index (χ0) is 28.6. The van der Waals surface area contributed by atoms with Gasteiger partial charge >= 0.3 is 0 Å². The van der Waals surface area contributed by atoms with Gasteiger partial charge in [0.15, 0.2) is 17.5 Å². The second-order valence-electron chi connectivity index (χ2n) is 10.4. The molecule has 202 valence electrons. The molecule has 0 aliphatic heterocycles. The number of rotatable bonds is 5. The van der Waals surface area contributed by atoms with Crippen molar-refractivity contribution in [1.29, 1.82) is 0 Å². The first-order chi connectivity index (χ1) is 21.3. The van der Waals surface area contributed by atoms with E-state index in [0.29, 0.717) is 17.5 Å². The molecule has 0 saturated carbocycles. The van der Waals surface area contributed by atoms with E-state index in [2.05, 4.69) is 65.2 Å². The maximum atomic E-state index is 5.11. The van der Waals surface area contributed by atoms with E-state index >= 15 is 0 Å². The van der Waals surface area contributed by atoms with E-state index < -0.39 is 0 Å². The van der Waals surface area contributed by atoms with Gasteiger partial charge in [-0.25, -0.2) is 19.9 Å². The van der Waals surface area contributed by atoms with Crippen molar-refractivity contribution in [3.8, 4) is 56.7 Å². The topological polar surface area (TPSA) is 56.0 Å². The predicted molar refractivity (Wildman–Crippen MR) is 173 cm³/mol. The van der Waals surface area contributed by atoms with Crippen molar-refractivity contribution in [2.24, 2.45) is 0 Å². The molecule has 8 rings (SSSR count). The minimum atomic E-state index is 0.616. The van der Waals surface area contributed by atoms with Crippen LogP contribution in [0.25, 0.3) is 73.1 Å². The number of hydrogen-bond acceptors (Lipinski definition) is 4. The van der Waals surface area contributed by atoms with Gasteiger partial charge in [-0.15, -0.1) is 0 Å². The van der Waals surface area contributed by atoms with Crippen molar-refractivity contribution < 1.29 is 0 Å². The standard InChI is InChI=1S/C38H25N5/c1-3-13-27(14-4-1)36-40-37(28-15-5-2-6-16-28)42-38(41-36)32-19-11-18-30(25-32)34-35(43-23-10-9-20-33(43)39-34)31-22-21-26-12-7-8-17-29(26)24-31/h1-25H. The average Bonchev–Trinajstić information content (AvgIpc) is 3.48. The van der Waals surface area contributed by atoms with Crippen LogP contribution in [-0.2, 0) is 0 Å². The summed E-state index contributed by atoms with van der Waals surface area (Å²) in [5.74, 6) is 1.89. The summed E-state index contributed by atoms with van der Waals surface area (Å²) in [6.45, 7) is 0. The van der Waals surface area contributed by atoms with E-state index in [9.17, 15) is 0 Å². The molecule has 0 radical (unpaired) electrons. The van der Waals surface area contributed by atoms with Crippen LogP contribution < -0.4 is 0 Å². The van der Waals surface area contributed by atoms with Gasteiger partial charge in [-0.1, -0.05) is 121 Å². The van der Waals surface area contributed by atoms with Gasteiger partial charge in [0.2, 0.25) is 0 Å². The van der Waals surface area contributed by atoms with Gasteiger partial charge in [0, 0.05) is 34.0 Å². The van der Waals surface area contributed by atoms with Crippen LogP contribution in [-0.4, -0.2) is 24.3 Å². The quantitative estimate of drug-likeness (QED) is 0.214. The second-order valence-corrected chi connectivity index (χ2v) is 10.4. The lowest BCUT2D eigenvalue weighted by Crippen LogP contribution is -2.00. The van der Waals surface area contributed by atoms with Crippen molar-refractivity contribution in [1.82, 2.24) is 24.3 Å². The van der Waals surface area contributed by atoms with Crippen LogP contribution >= 0.6 is 0 Å². The molecule has 0 aliphatic carbocycles. The Hall–Kier alpha value is -5.94. The minimum Gasteiger partial charge on any atom is -0.299 e. The molecule has 0 bridgehead atoms. The van der Waals surface area contributed by atoms with Gasteiger partial charge < -0.3 is 0 Å². The number of aromatic nitrogens is 5. The molecule has 3 heterocycles. The SMILES string of the molecule is c1ccc(-c2nc(-c3ccccc3)nc(-c3cccc(-c4nc5ccccn5c4-c4ccc5ccccc5c4)c3)n2)cc1. The van der Waals surface area contributed by atoms with Gasteiger partial charge in [-0.05, 0) is 35.0 Å². The van der Waals surface area contributed by atoms with Gasteiger partial charge in [-0.2, -0.15) is 0 Å². The fourth-order valence-electron chi connectivity index (χ4n) is 5.55. The molecular formula is C38H25N5. The largest absolute Gasteiger partial charge is 0.299 e. The van der Waals surface area contributed by atoms with Crippen LogP contribution in [0.5, 0.6) is 0 Å². The summed E-state index contributed by atoms with van der Waals surface area (Å²) in [4.78, 5) is 19.9. The van der Waals surface area contributed by atoms with Crippen LogP contribution in [0.2, 0.25) is 0 Å². The lowest BCUT2D eigenvalue weighted by atomic mass is 10.00. The minimum absolute atomic E-state index is 0.616. The molecule has 5 nitrogen and oxygen atoms in total. The predicted octanol–water partition coefficient (Wildman–Crippen LogP) is 9.01.